The van der Waals surface area contributed by atoms with E-state index in [2.05, 4.69) is 9.97 Å². The number of fused-ring (bicyclic) bond motifs is 3. The summed E-state index contributed by atoms with van der Waals surface area (Å²) < 4.78 is 11.0. The quantitative estimate of drug-likeness (QED) is 0.740. The molecule has 3 rings (SSSR count). The molecule has 0 fully saturated rings. The van der Waals surface area contributed by atoms with E-state index in [1.807, 2.05) is 39.0 Å². The molecule has 0 saturated carbocycles. The van der Waals surface area contributed by atoms with E-state index in [1.165, 1.54) is 0 Å². The van der Waals surface area contributed by atoms with Crippen LogP contribution in [0.25, 0.3) is 21.8 Å². The van der Waals surface area contributed by atoms with Gasteiger partial charge in [-0.25, -0.2) is 9.78 Å². The minimum Gasteiger partial charge on any atom is -0.490 e. The predicted octanol–water partition coefficient (Wildman–Crippen LogP) is 3.99. The van der Waals surface area contributed by atoms with Gasteiger partial charge in [-0.1, -0.05) is 6.07 Å². The molecule has 23 heavy (non-hydrogen) atoms. The maximum absolute atomic E-state index is 12.1. The minimum atomic E-state index is -0.400. The van der Waals surface area contributed by atoms with E-state index in [1.54, 1.807) is 13.1 Å². The van der Waals surface area contributed by atoms with Crippen LogP contribution in [0.15, 0.2) is 24.4 Å². The zero-order chi connectivity index (χ0) is 16.6. The van der Waals surface area contributed by atoms with E-state index in [0.29, 0.717) is 12.3 Å². The summed E-state index contributed by atoms with van der Waals surface area (Å²) >= 11 is 0. The highest BCUT2D eigenvalue weighted by molar-refractivity contribution is 6.13. The lowest BCUT2D eigenvalue weighted by Crippen LogP contribution is -2.09. The van der Waals surface area contributed by atoms with Gasteiger partial charge in [-0.15, -0.1) is 0 Å². The number of aromatic amines is 1. The Morgan fingerprint density at radius 1 is 1.26 bits per heavy atom. The zero-order valence-electron chi connectivity index (χ0n) is 13.8. The van der Waals surface area contributed by atoms with Crippen molar-refractivity contribution in [2.24, 2.45) is 0 Å². The number of hydrogen-bond acceptors (Lipinski definition) is 4. The van der Waals surface area contributed by atoms with Gasteiger partial charge in [0.15, 0.2) is 5.69 Å². The second kappa shape index (κ2) is 5.91. The summed E-state index contributed by atoms with van der Waals surface area (Å²) in [7, 11) is 0. The SMILES string of the molecule is CCOC(=O)c1ncc2[nH]c3cccc(OC(C)C)c3c2c1C. The molecule has 1 aromatic carbocycles. The first kappa shape index (κ1) is 15.3. The van der Waals surface area contributed by atoms with Crippen LogP contribution in [0.2, 0.25) is 0 Å². The molecule has 3 aromatic rings. The van der Waals surface area contributed by atoms with Crippen LogP contribution in [0.5, 0.6) is 5.75 Å². The van der Waals surface area contributed by atoms with Crippen molar-refractivity contribution >= 4 is 27.8 Å². The van der Waals surface area contributed by atoms with Gasteiger partial charge in [0, 0.05) is 10.8 Å². The zero-order valence-corrected chi connectivity index (χ0v) is 13.8. The van der Waals surface area contributed by atoms with Crippen molar-refractivity contribution in [2.75, 3.05) is 6.61 Å². The van der Waals surface area contributed by atoms with Crippen molar-refractivity contribution in [1.29, 1.82) is 0 Å². The van der Waals surface area contributed by atoms with Crippen molar-refractivity contribution in [3.05, 3.63) is 35.7 Å². The van der Waals surface area contributed by atoms with Gasteiger partial charge >= 0.3 is 5.97 Å². The fourth-order valence-electron chi connectivity index (χ4n) is 2.82. The summed E-state index contributed by atoms with van der Waals surface area (Å²) in [6, 6.07) is 5.88. The van der Waals surface area contributed by atoms with Crippen LogP contribution >= 0.6 is 0 Å². The fourth-order valence-corrected chi connectivity index (χ4v) is 2.82. The predicted molar refractivity (Wildman–Crippen MR) is 90.1 cm³/mol. The molecule has 0 aliphatic heterocycles. The van der Waals surface area contributed by atoms with E-state index in [4.69, 9.17) is 9.47 Å². The summed E-state index contributed by atoms with van der Waals surface area (Å²) in [5.41, 5.74) is 2.99. The molecule has 120 valence electrons. The average Bonchev–Trinajstić information content (AvgIpc) is 2.87. The second-order valence-electron chi connectivity index (χ2n) is 5.71. The van der Waals surface area contributed by atoms with E-state index in [-0.39, 0.29) is 6.10 Å². The normalized spacial score (nSPS) is 11.3. The Balaban J connectivity index is 2.30. The van der Waals surface area contributed by atoms with Crippen LogP contribution in [0.3, 0.4) is 0 Å². The first-order valence-corrected chi connectivity index (χ1v) is 7.76. The molecule has 5 heteroatoms. The van der Waals surface area contributed by atoms with E-state index in [9.17, 15) is 4.79 Å². The number of esters is 1. The molecule has 1 N–H and O–H groups in total. The molecule has 0 spiro atoms. The van der Waals surface area contributed by atoms with Gasteiger partial charge in [-0.2, -0.15) is 0 Å². The molecule has 0 bridgehead atoms. The molecule has 0 aliphatic rings. The molecular weight excluding hydrogens is 292 g/mol. The van der Waals surface area contributed by atoms with E-state index < -0.39 is 5.97 Å². The average molecular weight is 312 g/mol. The lowest BCUT2D eigenvalue weighted by Gasteiger charge is -2.12. The molecule has 2 aromatic heterocycles. The van der Waals surface area contributed by atoms with Crippen LogP contribution in [-0.2, 0) is 4.74 Å². The first-order chi connectivity index (χ1) is 11.0. The summed E-state index contributed by atoms with van der Waals surface area (Å²) in [5, 5.41) is 1.93. The number of hydrogen-bond donors (Lipinski definition) is 1. The van der Waals surface area contributed by atoms with Crippen molar-refractivity contribution in [2.45, 2.75) is 33.8 Å². The Labute approximate surface area is 134 Å². The maximum Gasteiger partial charge on any atom is 0.357 e. The number of rotatable bonds is 4. The Hall–Kier alpha value is -2.56. The minimum absolute atomic E-state index is 0.0669. The highest BCUT2D eigenvalue weighted by Gasteiger charge is 2.19. The summed E-state index contributed by atoms with van der Waals surface area (Å²) in [5.74, 6) is 0.399. The molecule has 0 aliphatic carbocycles. The summed E-state index contributed by atoms with van der Waals surface area (Å²) in [4.78, 5) is 19.7. The van der Waals surface area contributed by atoms with Crippen molar-refractivity contribution in [1.82, 2.24) is 9.97 Å². The number of pyridine rings is 1. The van der Waals surface area contributed by atoms with Gasteiger partial charge < -0.3 is 14.5 Å². The molecule has 0 atom stereocenters. The molecule has 0 saturated heterocycles. The molecule has 0 unspecified atom stereocenters. The van der Waals surface area contributed by atoms with Gasteiger partial charge in [0.05, 0.1) is 29.9 Å². The van der Waals surface area contributed by atoms with Crippen molar-refractivity contribution in [3.8, 4) is 5.75 Å². The molecular formula is C18H20N2O3. The summed E-state index contributed by atoms with van der Waals surface area (Å²) in [6.07, 6.45) is 1.74. The number of aryl methyl sites for hydroxylation is 1. The van der Waals surface area contributed by atoms with E-state index >= 15 is 0 Å². The highest BCUT2D eigenvalue weighted by atomic mass is 16.5. The third-order valence-electron chi connectivity index (χ3n) is 3.70. The van der Waals surface area contributed by atoms with Crippen molar-refractivity contribution < 1.29 is 14.3 Å². The van der Waals surface area contributed by atoms with Gasteiger partial charge in [0.2, 0.25) is 0 Å². The van der Waals surface area contributed by atoms with Crippen LogP contribution in [0.4, 0.5) is 0 Å². The number of ether oxygens (including phenoxy) is 2. The Morgan fingerprint density at radius 2 is 2.04 bits per heavy atom. The van der Waals surface area contributed by atoms with Gasteiger partial charge in [0.25, 0.3) is 0 Å². The molecule has 2 heterocycles. The number of aromatic nitrogens is 2. The first-order valence-electron chi connectivity index (χ1n) is 7.76. The Bertz CT molecular complexity index is 881. The fraction of sp³-hybridized carbons (Fsp3) is 0.333. The van der Waals surface area contributed by atoms with Crippen LogP contribution in [0.1, 0.15) is 36.8 Å². The Kier molecular flexibility index (Phi) is 3.94. The number of nitrogens with zero attached hydrogens (tertiary/aromatic N) is 1. The largest absolute Gasteiger partial charge is 0.490 e. The third-order valence-corrected chi connectivity index (χ3v) is 3.70. The van der Waals surface area contributed by atoms with Gasteiger partial charge in [0.1, 0.15) is 5.75 Å². The van der Waals surface area contributed by atoms with Crippen LogP contribution < -0.4 is 4.74 Å². The number of nitrogens with one attached hydrogen (secondary N) is 1. The van der Waals surface area contributed by atoms with Crippen molar-refractivity contribution in [3.63, 3.8) is 0 Å². The van der Waals surface area contributed by atoms with E-state index in [0.717, 1.165) is 33.1 Å². The van der Waals surface area contributed by atoms with Gasteiger partial charge in [-0.05, 0) is 45.4 Å². The standard InChI is InChI=1S/C18H20N2O3/c1-5-22-18(21)17-11(4)15-13(9-19-17)20-12-7-6-8-14(16(12)15)23-10(2)3/h6-10,20H,5H2,1-4H3. The number of carbonyl (C=O) groups excluding carboxylic acids is 1. The van der Waals surface area contributed by atoms with Gasteiger partial charge in [-0.3, -0.25) is 0 Å². The number of carbonyl (C=O) groups is 1. The lowest BCUT2D eigenvalue weighted by molar-refractivity contribution is 0.0519. The third kappa shape index (κ3) is 2.63. The van der Waals surface area contributed by atoms with Crippen LogP contribution in [-0.4, -0.2) is 28.6 Å². The number of benzene rings is 1. The second-order valence-corrected chi connectivity index (χ2v) is 5.71. The maximum atomic E-state index is 12.1. The lowest BCUT2D eigenvalue weighted by atomic mass is 10.1. The topological polar surface area (TPSA) is 64.2 Å². The smallest absolute Gasteiger partial charge is 0.357 e. The van der Waals surface area contributed by atoms with Crippen LogP contribution in [0, 0.1) is 6.92 Å². The molecule has 5 nitrogen and oxygen atoms in total. The summed E-state index contributed by atoms with van der Waals surface area (Å²) in [6.45, 7) is 7.99. The molecule has 0 amide bonds. The Morgan fingerprint density at radius 3 is 2.74 bits per heavy atom. The monoisotopic (exact) mass is 312 g/mol. The highest BCUT2D eigenvalue weighted by Crippen LogP contribution is 2.36. The number of H-pyrrole nitrogens is 1. The molecule has 0 radical (unpaired) electrons.